The van der Waals surface area contributed by atoms with Crippen LogP contribution in [0.2, 0.25) is 0 Å². The van der Waals surface area contributed by atoms with Gasteiger partial charge in [-0.25, -0.2) is 9.69 Å². The molecule has 0 saturated carbocycles. The van der Waals surface area contributed by atoms with Gasteiger partial charge in [0.05, 0.1) is 0 Å². The van der Waals surface area contributed by atoms with E-state index < -0.39 is 12.4 Å². The molecular formula is C8H14N2O3. The molecular weight excluding hydrogens is 172 g/mol. The van der Waals surface area contributed by atoms with Gasteiger partial charge in [-0.2, -0.15) is 0 Å². The van der Waals surface area contributed by atoms with Gasteiger partial charge < -0.3 is 15.2 Å². The number of urea groups is 1. The van der Waals surface area contributed by atoms with Gasteiger partial charge >= 0.3 is 6.03 Å². The second-order valence-electron chi connectivity index (χ2n) is 2.06. The van der Waals surface area contributed by atoms with Crippen molar-refractivity contribution in [2.45, 2.75) is 20.3 Å². The molecule has 0 aromatic heterocycles. The van der Waals surface area contributed by atoms with E-state index in [2.05, 4.69) is 6.04 Å². The zero-order chi connectivity index (χ0) is 10.3. The highest BCUT2D eigenvalue weighted by Gasteiger charge is 2.20. The van der Waals surface area contributed by atoms with Crippen molar-refractivity contribution in [3.05, 3.63) is 0 Å². The molecule has 5 nitrogen and oxygen atoms in total. The Labute approximate surface area is 77.8 Å². The van der Waals surface area contributed by atoms with E-state index in [1.807, 2.05) is 0 Å². The van der Waals surface area contributed by atoms with Crippen molar-refractivity contribution in [3.63, 3.8) is 0 Å². The lowest BCUT2D eigenvalue weighted by Gasteiger charge is -2.23. The summed E-state index contributed by atoms with van der Waals surface area (Å²) in [7, 11) is 0. The third-order valence-electron chi connectivity index (χ3n) is 1.21. The summed E-state index contributed by atoms with van der Waals surface area (Å²) in [5.74, 6) is 0. The fourth-order valence-electron chi connectivity index (χ4n) is 0.711. The van der Waals surface area contributed by atoms with Gasteiger partial charge in [0, 0.05) is 19.3 Å². The lowest BCUT2D eigenvalue weighted by Crippen LogP contribution is -2.43. The smallest absolute Gasteiger partial charge is 0.330 e. The molecule has 74 valence electrons. The molecule has 0 fully saturated rings. The fourth-order valence-corrected chi connectivity index (χ4v) is 0.711. The normalized spacial score (nSPS) is 9.69. The largest absolute Gasteiger partial charge is 0.351 e. The van der Waals surface area contributed by atoms with Crippen LogP contribution >= 0.6 is 0 Å². The zero-order valence-corrected chi connectivity index (χ0v) is 7.82. The second-order valence-corrected chi connectivity index (χ2v) is 2.06. The summed E-state index contributed by atoms with van der Waals surface area (Å²) < 4.78 is 10.1. The van der Waals surface area contributed by atoms with Crippen LogP contribution in [0.25, 0.3) is 0 Å². The topological polar surface area (TPSA) is 64.8 Å². The van der Waals surface area contributed by atoms with E-state index in [0.717, 1.165) is 4.90 Å². The molecule has 2 N–H and O–H groups in total. The van der Waals surface area contributed by atoms with Crippen LogP contribution < -0.4 is 5.73 Å². The molecule has 0 heterocycles. The van der Waals surface area contributed by atoms with Gasteiger partial charge in [0.25, 0.3) is 6.41 Å². The van der Waals surface area contributed by atoms with E-state index in [4.69, 9.17) is 21.6 Å². The Morgan fingerprint density at radius 1 is 1.54 bits per heavy atom. The molecule has 0 aromatic rings. The molecule has 2 amide bonds. The molecule has 13 heavy (non-hydrogen) atoms. The number of terminal acetylenes is 1. The van der Waals surface area contributed by atoms with Crippen LogP contribution in [-0.2, 0) is 9.47 Å². The van der Waals surface area contributed by atoms with Crippen molar-refractivity contribution in [2.75, 3.05) is 13.2 Å². The monoisotopic (exact) mass is 186 g/mol. The van der Waals surface area contributed by atoms with Gasteiger partial charge in [0.15, 0.2) is 0 Å². The van der Waals surface area contributed by atoms with Crippen LogP contribution in [0.3, 0.4) is 0 Å². The van der Waals surface area contributed by atoms with Crippen molar-refractivity contribution in [3.8, 4) is 12.5 Å². The highest BCUT2D eigenvalue weighted by Crippen LogP contribution is 2.01. The van der Waals surface area contributed by atoms with E-state index in [1.165, 1.54) is 0 Å². The van der Waals surface area contributed by atoms with Gasteiger partial charge in [-0.15, -0.1) is 0 Å². The summed E-state index contributed by atoms with van der Waals surface area (Å²) in [6, 6.07) is 1.31. The minimum atomic E-state index is -0.891. The number of primary amides is 1. The predicted molar refractivity (Wildman–Crippen MR) is 47.3 cm³/mol. The molecule has 0 aromatic carbocycles. The molecule has 0 bridgehead atoms. The third-order valence-corrected chi connectivity index (χ3v) is 1.21. The Morgan fingerprint density at radius 3 is 2.23 bits per heavy atom. The molecule has 0 aliphatic carbocycles. The minimum Gasteiger partial charge on any atom is -0.351 e. The first-order valence-electron chi connectivity index (χ1n) is 3.95. The molecule has 5 heteroatoms. The standard InChI is InChI=1S/C8H14N2O3/c1-4-10(7(9)11)8(12-5-2)13-6-3/h1,8H,5-6H2,2-3H3,(H2,9,11). The van der Waals surface area contributed by atoms with Crippen LogP contribution in [0.1, 0.15) is 13.8 Å². The van der Waals surface area contributed by atoms with E-state index in [-0.39, 0.29) is 0 Å². The number of carbonyl (C=O) groups excluding carboxylic acids is 1. The Balaban J connectivity index is 4.31. The molecule has 0 spiro atoms. The lowest BCUT2D eigenvalue weighted by atomic mass is 10.7. The van der Waals surface area contributed by atoms with Crippen LogP contribution in [0.4, 0.5) is 4.79 Å². The summed E-state index contributed by atoms with van der Waals surface area (Å²) in [5.41, 5.74) is 4.99. The summed E-state index contributed by atoms with van der Waals surface area (Å²) in [4.78, 5) is 11.6. The lowest BCUT2D eigenvalue weighted by molar-refractivity contribution is -0.187. The van der Waals surface area contributed by atoms with Crippen molar-refractivity contribution < 1.29 is 14.3 Å². The van der Waals surface area contributed by atoms with Crippen LogP contribution in [0.15, 0.2) is 0 Å². The maximum absolute atomic E-state index is 10.8. The van der Waals surface area contributed by atoms with E-state index >= 15 is 0 Å². The summed E-state index contributed by atoms with van der Waals surface area (Å²) in [6.07, 6.45) is 4.16. The number of hydrogen-bond donors (Lipinski definition) is 1. The molecule has 0 saturated heterocycles. The minimum absolute atomic E-state index is 0.385. The molecule has 0 unspecified atom stereocenters. The average molecular weight is 186 g/mol. The van der Waals surface area contributed by atoms with Crippen LogP contribution in [0.5, 0.6) is 0 Å². The summed E-state index contributed by atoms with van der Waals surface area (Å²) in [6.45, 7) is 4.30. The molecule has 0 atom stereocenters. The van der Waals surface area contributed by atoms with Gasteiger partial charge in [-0.3, -0.25) is 0 Å². The van der Waals surface area contributed by atoms with Gasteiger partial charge in [0.1, 0.15) is 0 Å². The van der Waals surface area contributed by atoms with E-state index in [0.29, 0.717) is 13.2 Å². The van der Waals surface area contributed by atoms with Crippen LogP contribution in [0, 0.1) is 12.5 Å². The molecule has 0 aliphatic heterocycles. The van der Waals surface area contributed by atoms with Gasteiger partial charge in [0.2, 0.25) is 0 Å². The number of nitrogens with zero attached hydrogens (tertiary/aromatic N) is 1. The third kappa shape index (κ3) is 3.78. The molecule has 0 aliphatic rings. The van der Waals surface area contributed by atoms with E-state index in [9.17, 15) is 4.79 Å². The highest BCUT2D eigenvalue weighted by molar-refractivity contribution is 5.74. The maximum Gasteiger partial charge on any atom is 0.330 e. The Bertz CT molecular complexity index is 194. The first-order chi connectivity index (χ1) is 6.17. The number of nitrogens with two attached hydrogens (primary N) is 1. The van der Waals surface area contributed by atoms with Crippen LogP contribution in [-0.4, -0.2) is 30.6 Å². The van der Waals surface area contributed by atoms with E-state index in [1.54, 1.807) is 13.8 Å². The SMILES string of the molecule is C#CN(C(N)=O)C(OCC)OCC. The Hall–Kier alpha value is -1.25. The van der Waals surface area contributed by atoms with Crippen molar-refractivity contribution >= 4 is 6.03 Å². The number of rotatable bonds is 5. The number of carbonyl (C=O) groups is 1. The average Bonchev–Trinajstić information content (AvgIpc) is 2.05. The number of amides is 2. The Kier molecular flexibility index (Phi) is 5.68. The summed E-state index contributed by atoms with van der Waals surface area (Å²) >= 11 is 0. The number of hydrogen-bond acceptors (Lipinski definition) is 3. The fraction of sp³-hybridized carbons (Fsp3) is 0.625. The quantitative estimate of drug-likeness (QED) is 0.382. The number of ether oxygens (including phenoxy) is 2. The first kappa shape index (κ1) is 11.8. The molecule has 0 rings (SSSR count). The molecule has 0 radical (unpaired) electrons. The second kappa shape index (κ2) is 6.29. The highest BCUT2D eigenvalue weighted by atomic mass is 16.7. The maximum atomic E-state index is 10.8. The predicted octanol–water partition coefficient (Wildman–Crippen LogP) is 0.314. The Morgan fingerprint density at radius 2 is 2.00 bits per heavy atom. The van der Waals surface area contributed by atoms with Crippen molar-refractivity contribution in [1.82, 2.24) is 4.90 Å². The van der Waals surface area contributed by atoms with Crippen molar-refractivity contribution in [2.24, 2.45) is 5.73 Å². The van der Waals surface area contributed by atoms with Gasteiger partial charge in [-0.1, -0.05) is 6.42 Å². The summed E-state index contributed by atoms with van der Waals surface area (Å²) in [5, 5.41) is 0. The van der Waals surface area contributed by atoms with Crippen molar-refractivity contribution in [1.29, 1.82) is 0 Å². The zero-order valence-electron chi connectivity index (χ0n) is 7.82. The van der Waals surface area contributed by atoms with Gasteiger partial charge in [-0.05, 0) is 13.8 Å². The first-order valence-corrected chi connectivity index (χ1v) is 3.95.